The summed E-state index contributed by atoms with van der Waals surface area (Å²) in [6.07, 6.45) is 2.90. The molecule has 0 radical (unpaired) electrons. The van der Waals surface area contributed by atoms with Gasteiger partial charge in [-0.1, -0.05) is 42.5 Å². The normalized spacial score (nSPS) is 12.9. The van der Waals surface area contributed by atoms with Crippen LogP contribution in [0.3, 0.4) is 0 Å². The van der Waals surface area contributed by atoms with Crippen LogP contribution in [0.5, 0.6) is 0 Å². The lowest BCUT2D eigenvalue weighted by molar-refractivity contribution is -0.137. The number of nitrogens with one attached hydrogen (secondary N) is 1. The molecule has 2 N–H and O–H groups in total. The van der Waals surface area contributed by atoms with Gasteiger partial charge in [0.2, 0.25) is 0 Å². The van der Waals surface area contributed by atoms with Gasteiger partial charge in [-0.15, -0.1) is 0 Å². The number of hydrogen-bond donors (Lipinski definition) is 2. The molecule has 1 aliphatic heterocycles. The smallest absolute Gasteiger partial charge is 0.305 e. The number of aromatic nitrogens is 1. The summed E-state index contributed by atoms with van der Waals surface area (Å²) in [7, 11) is 0. The second-order valence-corrected chi connectivity index (χ2v) is 9.96. The van der Waals surface area contributed by atoms with Gasteiger partial charge in [0.05, 0.1) is 36.6 Å². The highest BCUT2D eigenvalue weighted by molar-refractivity contribution is 6.06. The number of benzene rings is 3. The monoisotopic (exact) mass is 564 g/mol. The highest BCUT2D eigenvalue weighted by atomic mass is 16.5. The van der Waals surface area contributed by atoms with Crippen molar-refractivity contribution in [2.75, 3.05) is 43.1 Å². The number of carboxylic acid groups (broad SMARTS) is 1. The van der Waals surface area contributed by atoms with E-state index in [1.807, 2.05) is 60.7 Å². The van der Waals surface area contributed by atoms with Gasteiger partial charge in [0.15, 0.2) is 0 Å². The molecule has 214 valence electrons. The molecule has 2 amide bonds. The van der Waals surface area contributed by atoms with Gasteiger partial charge in [-0.3, -0.25) is 19.4 Å². The molecule has 1 fully saturated rings. The molecule has 0 spiro atoms. The zero-order chi connectivity index (χ0) is 29.3. The average molecular weight is 565 g/mol. The second-order valence-electron chi connectivity index (χ2n) is 9.96. The van der Waals surface area contributed by atoms with Gasteiger partial charge in [-0.05, 0) is 59.2 Å². The summed E-state index contributed by atoms with van der Waals surface area (Å²) >= 11 is 0. The van der Waals surface area contributed by atoms with E-state index in [-0.39, 0.29) is 31.3 Å². The molecule has 0 aliphatic carbocycles. The minimum absolute atomic E-state index is 0.0667. The predicted octanol–water partition coefficient (Wildman–Crippen LogP) is 4.95. The maximum absolute atomic E-state index is 13.2. The van der Waals surface area contributed by atoms with E-state index in [0.717, 1.165) is 35.5 Å². The van der Waals surface area contributed by atoms with Crippen molar-refractivity contribution in [2.45, 2.75) is 13.0 Å². The van der Waals surface area contributed by atoms with Crippen molar-refractivity contribution in [1.29, 1.82) is 0 Å². The zero-order valence-electron chi connectivity index (χ0n) is 23.1. The molecule has 1 aliphatic rings. The number of carboxylic acids is 1. The Morgan fingerprint density at radius 1 is 0.881 bits per heavy atom. The number of anilines is 2. The first-order valence-electron chi connectivity index (χ1n) is 13.8. The first-order chi connectivity index (χ1) is 20.5. The topological polar surface area (TPSA) is 112 Å². The zero-order valence-corrected chi connectivity index (χ0v) is 23.1. The Balaban J connectivity index is 1.43. The lowest BCUT2D eigenvalue weighted by atomic mass is 10.0. The van der Waals surface area contributed by atoms with Crippen LogP contribution in [-0.4, -0.2) is 65.6 Å². The van der Waals surface area contributed by atoms with E-state index in [2.05, 4.69) is 15.2 Å². The van der Waals surface area contributed by atoms with E-state index >= 15 is 0 Å². The Kier molecular flexibility index (Phi) is 9.20. The van der Waals surface area contributed by atoms with E-state index in [1.165, 1.54) is 11.1 Å². The van der Waals surface area contributed by atoms with Crippen molar-refractivity contribution in [2.24, 2.45) is 0 Å². The minimum atomic E-state index is -0.974. The molecule has 0 atom stereocenters. The van der Waals surface area contributed by atoms with E-state index in [1.54, 1.807) is 30.5 Å². The highest BCUT2D eigenvalue weighted by Crippen LogP contribution is 2.33. The van der Waals surface area contributed by atoms with Gasteiger partial charge in [0, 0.05) is 44.1 Å². The molecule has 5 rings (SSSR count). The first kappa shape index (κ1) is 28.5. The molecule has 42 heavy (non-hydrogen) atoms. The van der Waals surface area contributed by atoms with Gasteiger partial charge < -0.3 is 25.0 Å². The summed E-state index contributed by atoms with van der Waals surface area (Å²) in [6, 6.07) is 26.2. The molecule has 9 nitrogen and oxygen atoms in total. The van der Waals surface area contributed by atoms with Gasteiger partial charge in [-0.25, -0.2) is 0 Å². The second kappa shape index (κ2) is 13.6. The number of pyridine rings is 1. The van der Waals surface area contributed by atoms with Crippen LogP contribution in [0.2, 0.25) is 0 Å². The Labute approximate surface area is 244 Å². The fraction of sp³-hybridized carbons (Fsp3) is 0.212. The van der Waals surface area contributed by atoms with Gasteiger partial charge in [0.1, 0.15) is 0 Å². The molecule has 9 heteroatoms. The van der Waals surface area contributed by atoms with E-state index < -0.39 is 5.97 Å². The van der Waals surface area contributed by atoms with Crippen LogP contribution in [0.25, 0.3) is 11.1 Å². The first-order valence-corrected chi connectivity index (χ1v) is 13.8. The number of carbonyl (C=O) groups is 3. The number of rotatable bonds is 10. The third-order valence-corrected chi connectivity index (χ3v) is 7.06. The number of morpholine rings is 1. The fourth-order valence-corrected chi connectivity index (χ4v) is 4.90. The summed E-state index contributed by atoms with van der Waals surface area (Å²) in [5.41, 5.74) is 5.24. The van der Waals surface area contributed by atoms with Crippen molar-refractivity contribution in [3.63, 3.8) is 0 Å². The molecule has 1 saturated heterocycles. The summed E-state index contributed by atoms with van der Waals surface area (Å²) in [5, 5.41) is 12.4. The van der Waals surface area contributed by atoms with Crippen LogP contribution in [0.1, 0.15) is 32.7 Å². The summed E-state index contributed by atoms with van der Waals surface area (Å²) in [4.78, 5) is 45.4. The standard InChI is InChI=1S/C33H32N4O5/c38-31(39)13-15-37(33(41)28-10-5-14-34-22-28)23-24-6-4-9-26(20-24)27-11-12-30(36-16-18-42-19-17-36)29(21-27)35-32(40)25-7-2-1-3-8-25/h1-12,14,20-22H,13,15-19,23H2,(H,35,40)(H,38,39). The Morgan fingerprint density at radius 3 is 2.38 bits per heavy atom. The van der Waals surface area contributed by atoms with Gasteiger partial charge in [-0.2, -0.15) is 0 Å². The maximum atomic E-state index is 13.2. The molecule has 1 aromatic heterocycles. The number of carbonyl (C=O) groups excluding carboxylic acids is 2. The molecular formula is C33H32N4O5. The highest BCUT2D eigenvalue weighted by Gasteiger charge is 2.20. The predicted molar refractivity (Wildman–Crippen MR) is 161 cm³/mol. The van der Waals surface area contributed by atoms with Crippen molar-refractivity contribution < 1.29 is 24.2 Å². The van der Waals surface area contributed by atoms with Crippen LogP contribution >= 0.6 is 0 Å². The van der Waals surface area contributed by atoms with Crippen LogP contribution in [0.4, 0.5) is 11.4 Å². The lowest BCUT2D eigenvalue weighted by Gasteiger charge is -2.31. The van der Waals surface area contributed by atoms with Crippen LogP contribution in [0, 0.1) is 0 Å². The van der Waals surface area contributed by atoms with Crippen LogP contribution in [-0.2, 0) is 16.1 Å². The fourth-order valence-electron chi connectivity index (χ4n) is 4.90. The third kappa shape index (κ3) is 7.18. The number of amides is 2. The number of ether oxygens (including phenoxy) is 1. The number of nitrogens with zero attached hydrogens (tertiary/aromatic N) is 3. The molecule has 0 saturated carbocycles. The summed E-state index contributed by atoms with van der Waals surface area (Å²) in [5.74, 6) is -1.45. The summed E-state index contributed by atoms with van der Waals surface area (Å²) < 4.78 is 5.53. The lowest BCUT2D eigenvalue weighted by Crippen LogP contribution is -2.36. The Bertz CT molecular complexity index is 1540. The molecule has 0 unspecified atom stereocenters. The van der Waals surface area contributed by atoms with Crippen molar-refractivity contribution in [1.82, 2.24) is 9.88 Å². The SMILES string of the molecule is O=C(O)CCN(Cc1cccc(-c2ccc(N3CCOCC3)c(NC(=O)c3ccccc3)c2)c1)C(=O)c1cccnc1. The quantitative estimate of drug-likeness (QED) is 0.280. The largest absolute Gasteiger partial charge is 0.481 e. The van der Waals surface area contributed by atoms with Crippen molar-refractivity contribution in [3.05, 3.63) is 114 Å². The summed E-state index contributed by atoms with van der Waals surface area (Å²) in [6.45, 7) is 2.98. The molecule has 3 aromatic carbocycles. The molecular weight excluding hydrogens is 532 g/mol. The number of hydrogen-bond acceptors (Lipinski definition) is 6. The van der Waals surface area contributed by atoms with E-state index in [4.69, 9.17) is 4.74 Å². The molecule has 4 aromatic rings. The average Bonchev–Trinajstić information content (AvgIpc) is 3.04. The molecule has 0 bridgehead atoms. The van der Waals surface area contributed by atoms with Crippen molar-refractivity contribution >= 4 is 29.2 Å². The van der Waals surface area contributed by atoms with Crippen LogP contribution < -0.4 is 10.2 Å². The number of aliphatic carboxylic acids is 1. The Hall–Kier alpha value is -5.02. The van der Waals surface area contributed by atoms with Crippen LogP contribution in [0.15, 0.2) is 97.3 Å². The maximum Gasteiger partial charge on any atom is 0.305 e. The van der Waals surface area contributed by atoms with Crippen molar-refractivity contribution in [3.8, 4) is 11.1 Å². The van der Waals surface area contributed by atoms with E-state index in [9.17, 15) is 19.5 Å². The molecule has 2 heterocycles. The van der Waals surface area contributed by atoms with E-state index in [0.29, 0.717) is 30.0 Å². The van der Waals surface area contributed by atoms with Gasteiger partial charge >= 0.3 is 5.97 Å². The minimum Gasteiger partial charge on any atom is -0.481 e. The van der Waals surface area contributed by atoms with Gasteiger partial charge in [0.25, 0.3) is 11.8 Å². The Morgan fingerprint density at radius 2 is 1.64 bits per heavy atom. The third-order valence-electron chi connectivity index (χ3n) is 7.06.